The number of halogens is 1. The zero-order valence-corrected chi connectivity index (χ0v) is 22.2. The number of hydrogen-bond donors (Lipinski definition) is 5. The van der Waals surface area contributed by atoms with E-state index in [0.717, 1.165) is 11.6 Å². The molecule has 0 saturated heterocycles. The van der Waals surface area contributed by atoms with E-state index in [9.17, 15) is 4.79 Å². The van der Waals surface area contributed by atoms with Crippen LogP contribution in [0.4, 0.5) is 10.1 Å². The number of aromatic amines is 1. The average Bonchev–Trinajstić information content (AvgIpc) is 3.33. The molecule has 4 aromatic rings. The first-order valence-corrected chi connectivity index (χ1v) is 11.9. The Kier molecular flexibility index (Phi) is 9.52. The SMILES string of the molecule is CC(=O)O.CCc1cc(C(Nc2ccc(C(=N)N)cc2)c2nn(-c3ncccn3)c(=O)[nH]2)c(F)c(OC)c1OC. The number of aromatic nitrogens is 5. The third kappa shape index (κ3) is 6.59. The Bertz CT molecular complexity index is 1530. The van der Waals surface area contributed by atoms with Crippen molar-refractivity contribution in [3.63, 3.8) is 0 Å². The maximum absolute atomic E-state index is 15.8. The van der Waals surface area contributed by atoms with Gasteiger partial charge in [-0.25, -0.2) is 19.2 Å². The summed E-state index contributed by atoms with van der Waals surface area (Å²) in [5.74, 6) is -1.16. The number of aryl methyl sites for hydroxylation is 1. The van der Waals surface area contributed by atoms with Crippen molar-refractivity contribution in [2.75, 3.05) is 19.5 Å². The van der Waals surface area contributed by atoms with Gasteiger partial charge in [0.05, 0.1) is 14.2 Å². The summed E-state index contributed by atoms with van der Waals surface area (Å²) >= 11 is 0. The quantitative estimate of drug-likeness (QED) is 0.152. The molecule has 0 fully saturated rings. The molecule has 2 aromatic heterocycles. The fraction of sp³-hybridized carbons (Fsp3) is 0.231. The number of methoxy groups -OCH3 is 2. The van der Waals surface area contributed by atoms with Crippen molar-refractivity contribution >= 4 is 17.5 Å². The lowest BCUT2D eigenvalue weighted by molar-refractivity contribution is -0.134. The highest BCUT2D eigenvalue weighted by atomic mass is 19.1. The number of nitrogen functional groups attached to an aromatic ring is 1. The third-order valence-corrected chi connectivity index (χ3v) is 5.54. The van der Waals surface area contributed by atoms with Crippen molar-refractivity contribution in [2.45, 2.75) is 26.3 Å². The number of nitrogens with one attached hydrogen (secondary N) is 3. The lowest BCUT2D eigenvalue weighted by atomic mass is 9.99. The molecular weight excluding hydrogens is 523 g/mol. The molecule has 0 aliphatic heterocycles. The van der Waals surface area contributed by atoms with Gasteiger partial charge in [-0.1, -0.05) is 6.92 Å². The van der Waals surface area contributed by atoms with Crippen LogP contribution in [0.25, 0.3) is 5.95 Å². The van der Waals surface area contributed by atoms with Gasteiger partial charge in [-0.15, -0.1) is 9.78 Å². The van der Waals surface area contributed by atoms with Crippen LogP contribution in [0.3, 0.4) is 0 Å². The second kappa shape index (κ2) is 13.0. The fourth-order valence-electron chi connectivity index (χ4n) is 3.78. The molecule has 0 aliphatic rings. The van der Waals surface area contributed by atoms with Gasteiger partial charge in [0.15, 0.2) is 23.1 Å². The van der Waals surface area contributed by atoms with Gasteiger partial charge in [0.2, 0.25) is 0 Å². The predicted molar refractivity (Wildman–Crippen MR) is 145 cm³/mol. The van der Waals surface area contributed by atoms with E-state index in [1.165, 1.54) is 26.6 Å². The molecule has 6 N–H and O–H groups in total. The van der Waals surface area contributed by atoms with E-state index < -0.39 is 23.5 Å². The number of ether oxygens (including phenoxy) is 2. The topological polar surface area (TPSA) is 194 Å². The van der Waals surface area contributed by atoms with E-state index in [1.54, 1.807) is 36.4 Å². The molecule has 0 spiro atoms. The molecule has 0 bridgehead atoms. The van der Waals surface area contributed by atoms with Gasteiger partial charge in [-0.05, 0) is 48.4 Å². The smallest absolute Gasteiger partial charge is 0.350 e. The third-order valence-electron chi connectivity index (χ3n) is 5.54. The van der Waals surface area contributed by atoms with Crippen LogP contribution in [-0.4, -0.2) is 55.9 Å². The summed E-state index contributed by atoms with van der Waals surface area (Å²) in [5, 5.41) is 22.6. The standard InChI is InChI=1S/C24H25FN8O3.C2H4O2/c1-4-13-12-16(17(25)20(36-3)19(13)35-2)18(30-15-8-6-14(7-9-15)21(26)27)22-31-24(34)33(32-22)23-28-10-5-11-29-23;1-2(3)4/h5-12,18,30H,4H2,1-3H3,(H3,26,27)(H,31,32,34);1H3,(H,3,4). The molecule has 210 valence electrons. The minimum Gasteiger partial charge on any atom is -0.492 e. The monoisotopic (exact) mass is 552 g/mol. The van der Waals surface area contributed by atoms with Crippen LogP contribution in [0.15, 0.2) is 53.6 Å². The maximum atomic E-state index is 15.8. The number of nitrogens with two attached hydrogens (primary N) is 1. The van der Waals surface area contributed by atoms with Crippen LogP contribution in [0.1, 0.15) is 42.4 Å². The van der Waals surface area contributed by atoms with E-state index in [1.807, 2.05) is 6.92 Å². The number of benzene rings is 2. The number of amidine groups is 1. The molecule has 2 heterocycles. The van der Waals surface area contributed by atoms with Crippen molar-refractivity contribution < 1.29 is 23.8 Å². The number of carboxylic acid groups (broad SMARTS) is 1. The Hall–Kier alpha value is -5.27. The van der Waals surface area contributed by atoms with Crippen molar-refractivity contribution in [2.24, 2.45) is 5.73 Å². The molecule has 0 saturated carbocycles. The van der Waals surface area contributed by atoms with Crippen LogP contribution in [-0.2, 0) is 11.2 Å². The average molecular weight is 553 g/mol. The highest BCUT2D eigenvalue weighted by molar-refractivity contribution is 5.95. The number of hydrogen-bond acceptors (Lipinski definition) is 9. The number of carbonyl (C=O) groups is 1. The molecule has 1 unspecified atom stereocenters. The summed E-state index contributed by atoms with van der Waals surface area (Å²) in [6.45, 7) is 2.99. The van der Waals surface area contributed by atoms with E-state index >= 15 is 4.39 Å². The lowest BCUT2D eigenvalue weighted by Crippen LogP contribution is -2.18. The molecule has 0 amide bonds. The van der Waals surface area contributed by atoms with E-state index in [4.69, 9.17) is 30.5 Å². The zero-order valence-electron chi connectivity index (χ0n) is 22.2. The van der Waals surface area contributed by atoms with Crippen LogP contribution in [0.5, 0.6) is 11.5 Å². The van der Waals surface area contributed by atoms with Gasteiger partial charge in [0, 0.05) is 36.1 Å². The molecule has 14 heteroatoms. The first-order chi connectivity index (χ1) is 19.1. The Morgan fingerprint density at radius 2 is 1.80 bits per heavy atom. The van der Waals surface area contributed by atoms with Crippen LogP contribution < -0.4 is 26.2 Å². The Balaban J connectivity index is 0.00000103. The summed E-state index contributed by atoms with van der Waals surface area (Å²) in [4.78, 5) is 32.6. The number of rotatable bonds is 9. The molecular formula is C26H29FN8O5. The van der Waals surface area contributed by atoms with Gasteiger partial charge in [-0.3, -0.25) is 15.2 Å². The van der Waals surface area contributed by atoms with Crippen molar-refractivity contribution in [3.05, 3.63) is 87.6 Å². The number of aliphatic carboxylic acids is 1. The molecule has 40 heavy (non-hydrogen) atoms. The maximum Gasteiger partial charge on any atom is 0.350 e. The number of carboxylic acids is 1. The number of H-pyrrole nitrogens is 1. The highest BCUT2D eigenvalue weighted by Gasteiger charge is 2.28. The zero-order chi connectivity index (χ0) is 29.4. The minimum atomic E-state index is -0.948. The molecule has 13 nitrogen and oxygen atoms in total. The molecule has 2 aromatic carbocycles. The Morgan fingerprint density at radius 1 is 1.20 bits per heavy atom. The van der Waals surface area contributed by atoms with Crippen molar-refractivity contribution in [3.8, 4) is 17.4 Å². The minimum absolute atomic E-state index is 0.0567. The summed E-state index contributed by atoms with van der Waals surface area (Å²) in [7, 11) is 2.80. The summed E-state index contributed by atoms with van der Waals surface area (Å²) in [5.41, 5.74) is 6.95. The Morgan fingerprint density at radius 3 is 2.33 bits per heavy atom. The summed E-state index contributed by atoms with van der Waals surface area (Å²) in [6.07, 6.45) is 3.50. The van der Waals surface area contributed by atoms with E-state index in [-0.39, 0.29) is 28.9 Å². The summed E-state index contributed by atoms with van der Waals surface area (Å²) < 4.78 is 27.6. The van der Waals surface area contributed by atoms with Crippen molar-refractivity contribution in [1.29, 1.82) is 5.41 Å². The van der Waals surface area contributed by atoms with Gasteiger partial charge in [-0.2, -0.15) is 0 Å². The van der Waals surface area contributed by atoms with Crippen LogP contribution in [0, 0.1) is 11.2 Å². The van der Waals surface area contributed by atoms with E-state index in [0.29, 0.717) is 29.0 Å². The Labute approximate surface area is 228 Å². The van der Waals surface area contributed by atoms with Crippen LogP contribution in [0.2, 0.25) is 0 Å². The number of anilines is 1. The van der Waals surface area contributed by atoms with Gasteiger partial charge in [0.25, 0.3) is 11.9 Å². The normalized spacial score (nSPS) is 11.1. The van der Waals surface area contributed by atoms with Gasteiger partial charge in [0.1, 0.15) is 11.9 Å². The summed E-state index contributed by atoms with van der Waals surface area (Å²) in [6, 6.07) is 9.01. The highest BCUT2D eigenvalue weighted by Crippen LogP contribution is 2.40. The number of nitrogens with zero attached hydrogens (tertiary/aromatic N) is 4. The fourth-order valence-corrected chi connectivity index (χ4v) is 3.78. The van der Waals surface area contributed by atoms with Gasteiger partial charge < -0.3 is 25.6 Å². The lowest BCUT2D eigenvalue weighted by Gasteiger charge is -2.22. The van der Waals surface area contributed by atoms with Crippen LogP contribution >= 0.6 is 0 Å². The predicted octanol–water partition coefficient (Wildman–Crippen LogP) is 2.65. The van der Waals surface area contributed by atoms with E-state index in [2.05, 4.69) is 25.4 Å². The second-order valence-corrected chi connectivity index (χ2v) is 8.22. The molecule has 0 radical (unpaired) electrons. The largest absolute Gasteiger partial charge is 0.492 e. The first-order valence-electron chi connectivity index (χ1n) is 11.9. The van der Waals surface area contributed by atoms with Gasteiger partial charge >= 0.3 is 5.69 Å². The molecule has 4 rings (SSSR count). The second-order valence-electron chi connectivity index (χ2n) is 8.22. The molecule has 1 atom stereocenters. The first kappa shape index (κ1) is 29.3. The molecule has 0 aliphatic carbocycles. The van der Waals surface area contributed by atoms with Crippen molar-refractivity contribution in [1.82, 2.24) is 24.7 Å².